The highest BCUT2D eigenvalue weighted by atomic mass is 16.1. The normalized spacial score (nSPS) is 7.14. The second-order valence-electron chi connectivity index (χ2n) is 2.33. The van der Waals surface area contributed by atoms with Crippen molar-refractivity contribution in [3.05, 3.63) is 48.6 Å². The van der Waals surface area contributed by atoms with E-state index < -0.39 is 0 Å². The smallest absolute Gasteiger partial charge is 0.159 e. The van der Waals surface area contributed by atoms with Gasteiger partial charge in [0.1, 0.15) is 0 Å². The monoisotopic (exact) mass is 192 g/mol. The van der Waals surface area contributed by atoms with Gasteiger partial charge in [0.05, 0.1) is 0 Å². The van der Waals surface area contributed by atoms with Crippen molar-refractivity contribution in [2.45, 2.75) is 27.7 Å². The molecule has 0 fully saturated rings. The molecule has 0 saturated carbocycles. The van der Waals surface area contributed by atoms with Gasteiger partial charge in [-0.2, -0.15) is 0 Å². The van der Waals surface area contributed by atoms with Crippen molar-refractivity contribution in [2.75, 3.05) is 0 Å². The number of allylic oxidation sites excluding steroid dienone is 1. The molecule has 0 aliphatic carbocycles. The maximum absolute atomic E-state index is 10.6. The van der Waals surface area contributed by atoms with Crippen LogP contribution in [0, 0.1) is 0 Å². The lowest BCUT2D eigenvalue weighted by Gasteiger charge is -1.89. The third-order valence-corrected chi connectivity index (χ3v) is 1.18. The summed E-state index contributed by atoms with van der Waals surface area (Å²) in [6.45, 7) is 10.8. The number of benzene rings is 1. The van der Waals surface area contributed by atoms with Gasteiger partial charge < -0.3 is 0 Å². The van der Waals surface area contributed by atoms with Gasteiger partial charge in [-0.05, 0) is 13.8 Å². The average Bonchev–Trinajstić information content (AvgIpc) is 2.23. The lowest BCUT2D eigenvalue weighted by atomic mass is 10.2. The molecule has 0 atom stereocenters. The van der Waals surface area contributed by atoms with E-state index in [9.17, 15) is 4.79 Å². The van der Waals surface area contributed by atoms with Crippen LogP contribution in [0.5, 0.6) is 0 Å². The van der Waals surface area contributed by atoms with E-state index >= 15 is 0 Å². The lowest BCUT2D eigenvalue weighted by molar-refractivity contribution is 0.101. The van der Waals surface area contributed by atoms with Crippen LogP contribution in [-0.2, 0) is 0 Å². The van der Waals surface area contributed by atoms with E-state index in [2.05, 4.69) is 6.58 Å². The predicted molar refractivity (Wildman–Crippen MR) is 63.7 cm³/mol. The molecule has 1 heteroatoms. The van der Waals surface area contributed by atoms with Crippen molar-refractivity contribution in [2.24, 2.45) is 0 Å². The summed E-state index contributed by atoms with van der Waals surface area (Å²) in [4.78, 5) is 10.6. The Morgan fingerprint density at radius 3 is 1.79 bits per heavy atom. The average molecular weight is 192 g/mol. The molecule has 1 nitrogen and oxygen atoms in total. The highest BCUT2D eigenvalue weighted by molar-refractivity contribution is 5.93. The predicted octanol–water partition coefficient (Wildman–Crippen LogP) is 4.11. The molecule has 1 aromatic rings. The standard InChI is InChI=1S/C8H8O.C3H6.C2H6/c1-7(9)8-5-3-2-4-6-8;1-3-2;1-2/h2-6H,1H3;3H,1H2,2H3;1-2H3. The first kappa shape index (κ1) is 15.1. The second-order valence-corrected chi connectivity index (χ2v) is 2.33. The molecule has 14 heavy (non-hydrogen) atoms. The van der Waals surface area contributed by atoms with Gasteiger partial charge in [0.15, 0.2) is 5.78 Å². The Morgan fingerprint density at radius 1 is 1.21 bits per heavy atom. The van der Waals surface area contributed by atoms with E-state index in [0.29, 0.717) is 0 Å². The quantitative estimate of drug-likeness (QED) is 0.483. The minimum absolute atomic E-state index is 0.121. The summed E-state index contributed by atoms with van der Waals surface area (Å²) in [6, 6.07) is 9.23. The van der Waals surface area contributed by atoms with E-state index in [0.717, 1.165) is 5.56 Å². The zero-order chi connectivity index (χ0) is 11.4. The SMILES string of the molecule is C=CC.CC.CC(=O)c1ccccc1. The molecule has 1 aromatic carbocycles. The van der Waals surface area contributed by atoms with Crippen LogP contribution in [0.1, 0.15) is 38.1 Å². The van der Waals surface area contributed by atoms with Gasteiger partial charge in [-0.25, -0.2) is 0 Å². The minimum atomic E-state index is 0.121. The molecule has 0 spiro atoms. The maximum Gasteiger partial charge on any atom is 0.159 e. The summed E-state index contributed by atoms with van der Waals surface area (Å²) < 4.78 is 0. The van der Waals surface area contributed by atoms with Crippen LogP contribution >= 0.6 is 0 Å². The molecule has 0 unspecified atom stereocenters. The van der Waals surface area contributed by atoms with Gasteiger partial charge in [-0.1, -0.05) is 50.3 Å². The van der Waals surface area contributed by atoms with E-state index in [1.54, 1.807) is 13.0 Å². The third-order valence-electron chi connectivity index (χ3n) is 1.18. The topological polar surface area (TPSA) is 17.1 Å². The van der Waals surface area contributed by atoms with Crippen LogP contribution in [0.25, 0.3) is 0 Å². The van der Waals surface area contributed by atoms with Crippen LogP contribution in [0.2, 0.25) is 0 Å². The number of rotatable bonds is 1. The minimum Gasteiger partial charge on any atom is -0.295 e. The van der Waals surface area contributed by atoms with Crippen LogP contribution < -0.4 is 0 Å². The fourth-order valence-electron chi connectivity index (χ4n) is 0.673. The van der Waals surface area contributed by atoms with E-state index in [4.69, 9.17) is 0 Å². The fourth-order valence-corrected chi connectivity index (χ4v) is 0.673. The zero-order valence-electron chi connectivity index (χ0n) is 9.58. The Bertz CT molecular complexity index is 237. The molecule has 0 radical (unpaired) electrons. The van der Waals surface area contributed by atoms with Crippen molar-refractivity contribution in [1.29, 1.82) is 0 Å². The summed E-state index contributed by atoms with van der Waals surface area (Å²) in [5, 5.41) is 0. The number of Topliss-reactive ketones (excluding diaryl/α,β-unsaturated/α-hetero) is 1. The second kappa shape index (κ2) is 11.6. The highest BCUT2D eigenvalue weighted by Crippen LogP contribution is 1.97. The molecular formula is C13H20O. The molecule has 1 rings (SSSR count). The Labute approximate surface area is 87.5 Å². The number of carbonyl (C=O) groups excluding carboxylic acids is 1. The number of ketones is 1. The Balaban J connectivity index is 0. The summed E-state index contributed by atoms with van der Waals surface area (Å²) >= 11 is 0. The largest absolute Gasteiger partial charge is 0.295 e. The molecule has 0 saturated heterocycles. The van der Waals surface area contributed by atoms with Crippen molar-refractivity contribution in [1.82, 2.24) is 0 Å². The molecule has 0 aromatic heterocycles. The number of carbonyl (C=O) groups is 1. The molecule has 0 aliphatic rings. The Kier molecular flexibility index (Phi) is 12.6. The first-order valence-corrected chi connectivity index (χ1v) is 4.85. The van der Waals surface area contributed by atoms with E-state index in [-0.39, 0.29) is 5.78 Å². The van der Waals surface area contributed by atoms with Gasteiger partial charge >= 0.3 is 0 Å². The van der Waals surface area contributed by atoms with Gasteiger partial charge in [0.25, 0.3) is 0 Å². The van der Waals surface area contributed by atoms with Crippen molar-refractivity contribution in [3.8, 4) is 0 Å². The zero-order valence-corrected chi connectivity index (χ0v) is 9.58. The number of hydrogen-bond donors (Lipinski definition) is 0. The van der Waals surface area contributed by atoms with E-state index in [1.165, 1.54) is 0 Å². The molecule has 0 amide bonds. The highest BCUT2D eigenvalue weighted by Gasteiger charge is 1.92. The summed E-state index contributed by atoms with van der Waals surface area (Å²) in [5.74, 6) is 0.121. The molecular weight excluding hydrogens is 172 g/mol. The maximum atomic E-state index is 10.6. The first-order chi connectivity index (χ1) is 6.72. The van der Waals surface area contributed by atoms with E-state index in [1.807, 2.05) is 51.1 Å². The van der Waals surface area contributed by atoms with Crippen LogP contribution in [0.3, 0.4) is 0 Å². The first-order valence-electron chi connectivity index (χ1n) is 4.85. The fraction of sp³-hybridized carbons (Fsp3) is 0.308. The summed E-state index contributed by atoms with van der Waals surface area (Å²) in [5.41, 5.74) is 0.775. The summed E-state index contributed by atoms with van der Waals surface area (Å²) in [7, 11) is 0. The van der Waals surface area contributed by atoms with Crippen molar-refractivity contribution in [3.63, 3.8) is 0 Å². The molecule has 0 N–H and O–H groups in total. The third kappa shape index (κ3) is 8.72. The Hall–Kier alpha value is -1.37. The Morgan fingerprint density at radius 2 is 1.57 bits per heavy atom. The molecule has 78 valence electrons. The van der Waals surface area contributed by atoms with Gasteiger partial charge in [0.2, 0.25) is 0 Å². The summed E-state index contributed by atoms with van der Waals surface area (Å²) in [6.07, 6.45) is 1.75. The lowest BCUT2D eigenvalue weighted by Crippen LogP contribution is -1.88. The molecule has 0 aliphatic heterocycles. The molecule has 0 bridgehead atoms. The van der Waals surface area contributed by atoms with Crippen LogP contribution in [0.15, 0.2) is 43.0 Å². The van der Waals surface area contributed by atoms with Gasteiger partial charge in [0, 0.05) is 5.56 Å². The van der Waals surface area contributed by atoms with Crippen molar-refractivity contribution >= 4 is 5.78 Å². The van der Waals surface area contributed by atoms with Crippen LogP contribution in [-0.4, -0.2) is 5.78 Å². The van der Waals surface area contributed by atoms with Gasteiger partial charge in [-0.3, -0.25) is 4.79 Å². The van der Waals surface area contributed by atoms with Crippen molar-refractivity contribution < 1.29 is 4.79 Å². The van der Waals surface area contributed by atoms with Gasteiger partial charge in [-0.15, -0.1) is 6.58 Å². The molecule has 0 heterocycles. The number of hydrogen-bond acceptors (Lipinski definition) is 1. The van der Waals surface area contributed by atoms with Crippen LogP contribution in [0.4, 0.5) is 0 Å².